The molecule has 6 heteroatoms. The highest BCUT2D eigenvalue weighted by molar-refractivity contribution is 6.32. The first-order valence-electron chi connectivity index (χ1n) is 7.79. The van der Waals surface area contributed by atoms with E-state index in [0.29, 0.717) is 29.7 Å². The van der Waals surface area contributed by atoms with Gasteiger partial charge in [0.15, 0.2) is 0 Å². The first kappa shape index (κ1) is 14.9. The van der Waals surface area contributed by atoms with Gasteiger partial charge in [0.05, 0.1) is 16.8 Å². The molecule has 116 valence electrons. The predicted molar refractivity (Wildman–Crippen MR) is 82.8 cm³/mol. The van der Waals surface area contributed by atoms with Gasteiger partial charge in [-0.3, -0.25) is 4.79 Å². The fraction of sp³-hybridized carbons (Fsp3) is 0.733. The van der Waals surface area contributed by atoms with Crippen LogP contribution in [-0.4, -0.2) is 27.0 Å². The summed E-state index contributed by atoms with van der Waals surface area (Å²) in [7, 11) is 0. The van der Waals surface area contributed by atoms with E-state index in [0.717, 1.165) is 25.7 Å². The molecular formula is C15H22ClN3O2. The van der Waals surface area contributed by atoms with Gasteiger partial charge in [0.1, 0.15) is 5.69 Å². The van der Waals surface area contributed by atoms with Crippen molar-refractivity contribution in [2.24, 2.45) is 5.92 Å². The number of aliphatic hydroxyl groups is 1. The molecule has 1 heterocycles. The van der Waals surface area contributed by atoms with Crippen molar-refractivity contribution in [3.8, 4) is 0 Å². The van der Waals surface area contributed by atoms with Crippen molar-refractivity contribution in [2.45, 2.75) is 57.1 Å². The topological polar surface area (TPSA) is 67.2 Å². The molecule has 5 nitrogen and oxygen atoms in total. The van der Waals surface area contributed by atoms with Crippen LogP contribution in [0, 0.1) is 5.92 Å². The molecule has 2 aliphatic carbocycles. The summed E-state index contributed by atoms with van der Waals surface area (Å²) in [6.07, 6.45) is 8.71. The molecule has 0 bridgehead atoms. The summed E-state index contributed by atoms with van der Waals surface area (Å²) in [6, 6.07) is 0. The van der Waals surface area contributed by atoms with Crippen LogP contribution in [0.5, 0.6) is 0 Å². The summed E-state index contributed by atoms with van der Waals surface area (Å²) in [6.45, 7) is 1.03. The molecule has 1 aromatic heterocycles. The van der Waals surface area contributed by atoms with Crippen LogP contribution in [0.15, 0.2) is 11.0 Å². The van der Waals surface area contributed by atoms with Gasteiger partial charge in [0.25, 0.3) is 5.56 Å². The van der Waals surface area contributed by atoms with Crippen molar-refractivity contribution >= 4 is 17.3 Å². The molecule has 3 rings (SSSR count). The van der Waals surface area contributed by atoms with E-state index in [1.54, 1.807) is 0 Å². The Morgan fingerprint density at radius 2 is 2.10 bits per heavy atom. The van der Waals surface area contributed by atoms with E-state index in [4.69, 9.17) is 11.6 Å². The van der Waals surface area contributed by atoms with E-state index in [9.17, 15) is 9.90 Å². The Balaban J connectivity index is 1.73. The molecule has 2 saturated carbocycles. The van der Waals surface area contributed by atoms with Crippen LogP contribution in [0.3, 0.4) is 0 Å². The molecule has 1 aromatic rings. The highest BCUT2D eigenvalue weighted by Crippen LogP contribution is 2.30. The van der Waals surface area contributed by atoms with Crippen LogP contribution in [0.2, 0.25) is 5.02 Å². The lowest BCUT2D eigenvalue weighted by Gasteiger charge is -2.26. The molecule has 0 unspecified atom stereocenters. The molecular weight excluding hydrogens is 290 g/mol. The van der Waals surface area contributed by atoms with E-state index in [2.05, 4.69) is 10.4 Å². The Labute approximate surface area is 129 Å². The smallest absolute Gasteiger partial charge is 0.291 e. The van der Waals surface area contributed by atoms with Gasteiger partial charge in [-0.2, -0.15) is 5.10 Å². The maximum Gasteiger partial charge on any atom is 0.291 e. The Kier molecular flexibility index (Phi) is 4.22. The molecule has 0 saturated heterocycles. The van der Waals surface area contributed by atoms with Gasteiger partial charge >= 0.3 is 0 Å². The van der Waals surface area contributed by atoms with E-state index in [1.165, 1.54) is 30.1 Å². The second-order valence-electron chi connectivity index (χ2n) is 6.44. The van der Waals surface area contributed by atoms with Gasteiger partial charge in [0, 0.05) is 13.1 Å². The van der Waals surface area contributed by atoms with Crippen LogP contribution in [0.4, 0.5) is 5.69 Å². The fourth-order valence-corrected chi connectivity index (χ4v) is 3.33. The molecule has 0 aromatic carbocycles. The molecule has 0 atom stereocenters. The molecule has 0 radical (unpaired) electrons. The van der Waals surface area contributed by atoms with Gasteiger partial charge in [-0.15, -0.1) is 0 Å². The van der Waals surface area contributed by atoms with Crippen molar-refractivity contribution in [2.75, 3.05) is 11.9 Å². The second-order valence-corrected chi connectivity index (χ2v) is 6.84. The highest BCUT2D eigenvalue weighted by atomic mass is 35.5. The van der Waals surface area contributed by atoms with Gasteiger partial charge in [-0.25, -0.2) is 4.68 Å². The third kappa shape index (κ3) is 3.24. The first-order chi connectivity index (χ1) is 10.1. The van der Waals surface area contributed by atoms with Gasteiger partial charge in [0.2, 0.25) is 0 Å². The minimum atomic E-state index is -0.710. The molecule has 2 aliphatic rings. The Hall–Kier alpha value is -1.07. The van der Waals surface area contributed by atoms with Crippen molar-refractivity contribution in [3.05, 3.63) is 21.6 Å². The van der Waals surface area contributed by atoms with Gasteiger partial charge < -0.3 is 10.4 Å². The minimum absolute atomic E-state index is 0.184. The number of halogens is 1. The average molecular weight is 312 g/mol. The van der Waals surface area contributed by atoms with Crippen LogP contribution < -0.4 is 10.9 Å². The molecule has 2 N–H and O–H groups in total. The molecule has 2 fully saturated rings. The van der Waals surface area contributed by atoms with Crippen molar-refractivity contribution in [1.29, 1.82) is 0 Å². The summed E-state index contributed by atoms with van der Waals surface area (Å²) in [4.78, 5) is 12.4. The summed E-state index contributed by atoms with van der Waals surface area (Å²) in [5, 5.41) is 17.9. The van der Waals surface area contributed by atoms with Crippen molar-refractivity contribution in [3.63, 3.8) is 0 Å². The zero-order valence-electron chi connectivity index (χ0n) is 12.1. The lowest BCUT2D eigenvalue weighted by atomic mass is 9.85. The first-order valence-corrected chi connectivity index (χ1v) is 8.17. The maximum atomic E-state index is 12.4. The number of hydrogen-bond donors (Lipinski definition) is 2. The maximum absolute atomic E-state index is 12.4. The normalized spacial score (nSPS) is 21.2. The molecule has 0 spiro atoms. The summed E-state index contributed by atoms with van der Waals surface area (Å²) >= 11 is 6.10. The zero-order valence-corrected chi connectivity index (χ0v) is 12.9. The number of anilines is 1. The number of aromatic nitrogens is 2. The van der Waals surface area contributed by atoms with E-state index < -0.39 is 5.60 Å². The molecule has 21 heavy (non-hydrogen) atoms. The summed E-state index contributed by atoms with van der Waals surface area (Å²) < 4.78 is 1.50. The summed E-state index contributed by atoms with van der Waals surface area (Å²) in [5.41, 5.74) is -0.528. The third-order valence-electron chi connectivity index (χ3n) is 4.78. The minimum Gasteiger partial charge on any atom is -0.388 e. The van der Waals surface area contributed by atoms with E-state index in [1.807, 2.05) is 0 Å². The molecule has 0 aliphatic heterocycles. The number of nitrogens with one attached hydrogen (secondary N) is 1. The van der Waals surface area contributed by atoms with Crippen LogP contribution >= 0.6 is 11.6 Å². The monoisotopic (exact) mass is 311 g/mol. The van der Waals surface area contributed by atoms with Crippen LogP contribution in [0.1, 0.15) is 44.9 Å². The lowest BCUT2D eigenvalue weighted by molar-refractivity contribution is 0.0614. The van der Waals surface area contributed by atoms with Crippen LogP contribution in [0.25, 0.3) is 0 Å². The number of nitrogens with zero attached hydrogens (tertiary/aromatic N) is 2. The van der Waals surface area contributed by atoms with Crippen LogP contribution in [-0.2, 0) is 6.54 Å². The van der Waals surface area contributed by atoms with Gasteiger partial charge in [-0.05, 0) is 31.6 Å². The quantitative estimate of drug-likeness (QED) is 0.876. The fourth-order valence-electron chi connectivity index (χ4n) is 3.14. The van der Waals surface area contributed by atoms with Crippen molar-refractivity contribution < 1.29 is 5.11 Å². The largest absolute Gasteiger partial charge is 0.388 e. The average Bonchev–Trinajstić information content (AvgIpc) is 2.83. The highest BCUT2D eigenvalue weighted by Gasteiger charge is 2.31. The standard InChI is InChI=1S/C15H22ClN3O2/c16-12-8-18-19(9-11-4-3-5-11)14(20)13(12)17-10-15(21)6-1-2-7-15/h8,11,17,21H,1-7,9-10H2. The second kappa shape index (κ2) is 5.97. The van der Waals surface area contributed by atoms with Gasteiger partial charge in [-0.1, -0.05) is 30.9 Å². The predicted octanol–water partition coefficient (Wildman–Crippen LogP) is 2.41. The van der Waals surface area contributed by atoms with Crippen molar-refractivity contribution in [1.82, 2.24) is 9.78 Å². The molecule has 0 amide bonds. The van der Waals surface area contributed by atoms with E-state index in [-0.39, 0.29) is 5.56 Å². The van der Waals surface area contributed by atoms with E-state index >= 15 is 0 Å². The third-order valence-corrected chi connectivity index (χ3v) is 5.07. The number of rotatable bonds is 5. The summed E-state index contributed by atoms with van der Waals surface area (Å²) in [5.74, 6) is 0.559. The Morgan fingerprint density at radius 1 is 1.38 bits per heavy atom. The lowest BCUT2D eigenvalue weighted by Crippen LogP contribution is -2.37. The zero-order chi connectivity index (χ0) is 14.9. The number of hydrogen-bond acceptors (Lipinski definition) is 4. The Bertz CT molecular complexity index is 563. The Morgan fingerprint density at radius 3 is 2.71 bits per heavy atom. The SMILES string of the molecule is O=c1c(NCC2(O)CCCC2)c(Cl)cnn1CC1CCC1.